The van der Waals surface area contributed by atoms with Crippen LogP contribution in [0.25, 0.3) is 0 Å². The van der Waals surface area contributed by atoms with E-state index < -0.39 is 12.0 Å². The van der Waals surface area contributed by atoms with Crippen molar-refractivity contribution < 1.29 is 9.90 Å². The Morgan fingerprint density at radius 1 is 1.48 bits per heavy atom. The fourth-order valence-electron chi connectivity index (χ4n) is 3.06. The van der Waals surface area contributed by atoms with Crippen LogP contribution in [0.3, 0.4) is 0 Å². The van der Waals surface area contributed by atoms with Crippen LogP contribution >= 0.6 is 15.9 Å². The minimum Gasteiger partial charge on any atom is -0.480 e. The van der Waals surface area contributed by atoms with Gasteiger partial charge in [-0.2, -0.15) is 0 Å². The molecule has 0 bridgehead atoms. The van der Waals surface area contributed by atoms with E-state index in [4.69, 9.17) is 0 Å². The predicted octanol–water partition coefficient (Wildman–Crippen LogP) is 2.42. The van der Waals surface area contributed by atoms with Crippen LogP contribution in [0.15, 0.2) is 28.7 Å². The van der Waals surface area contributed by atoms with Crippen molar-refractivity contribution in [3.8, 4) is 0 Å². The molecule has 23 heavy (non-hydrogen) atoms. The number of halogens is 1. The summed E-state index contributed by atoms with van der Waals surface area (Å²) in [5.41, 5.74) is 1.19. The van der Waals surface area contributed by atoms with Gasteiger partial charge in [0.15, 0.2) is 0 Å². The van der Waals surface area contributed by atoms with Crippen molar-refractivity contribution in [2.45, 2.75) is 38.9 Å². The summed E-state index contributed by atoms with van der Waals surface area (Å²) in [4.78, 5) is 13.7. The molecule has 0 amide bonds. The SMILES string of the molecule is Cc1nnc2n1CC(C(=O)O)N(CC(C)c1cccc(Br)c1)C2. The second-order valence-corrected chi connectivity index (χ2v) is 6.93. The van der Waals surface area contributed by atoms with E-state index >= 15 is 0 Å². The zero-order chi connectivity index (χ0) is 16.6. The maximum Gasteiger partial charge on any atom is 0.322 e. The maximum atomic E-state index is 11.7. The van der Waals surface area contributed by atoms with Gasteiger partial charge in [-0.05, 0) is 30.5 Å². The maximum absolute atomic E-state index is 11.7. The second kappa shape index (κ2) is 6.41. The quantitative estimate of drug-likeness (QED) is 0.884. The molecule has 1 aromatic carbocycles. The lowest BCUT2D eigenvalue weighted by Crippen LogP contribution is -2.49. The lowest BCUT2D eigenvalue weighted by molar-refractivity contribution is -0.145. The summed E-state index contributed by atoms with van der Waals surface area (Å²) in [6, 6.07) is 7.59. The highest BCUT2D eigenvalue weighted by Crippen LogP contribution is 2.25. The number of carboxylic acids is 1. The molecule has 0 spiro atoms. The molecule has 2 aromatic rings. The molecule has 7 heteroatoms. The number of carboxylic acid groups (broad SMARTS) is 1. The largest absolute Gasteiger partial charge is 0.480 e. The van der Waals surface area contributed by atoms with Gasteiger partial charge in [-0.1, -0.05) is 35.0 Å². The topological polar surface area (TPSA) is 71.2 Å². The Morgan fingerprint density at radius 2 is 2.26 bits per heavy atom. The van der Waals surface area contributed by atoms with Crippen molar-refractivity contribution in [1.82, 2.24) is 19.7 Å². The average molecular weight is 379 g/mol. The summed E-state index contributed by atoms with van der Waals surface area (Å²) in [5.74, 6) is 1.03. The number of rotatable bonds is 4. The molecule has 0 radical (unpaired) electrons. The number of carbonyl (C=O) groups is 1. The van der Waals surface area contributed by atoms with Crippen molar-refractivity contribution >= 4 is 21.9 Å². The molecule has 6 nitrogen and oxygen atoms in total. The van der Waals surface area contributed by atoms with E-state index in [-0.39, 0.29) is 5.92 Å². The van der Waals surface area contributed by atoms with Crippen LogP contribution in [-0.2, 0) is 17.9 Å². The lowest BCUT2D eigenvalue weighted by atomic mass is 9.99. The normalized spacial score (nSPS) is 19.3. The van der Waals surface area contributed by atoms with Crippen LogP contribution in [0.4, 0.5) is 0 Å². The number of hydrogen-bond donors (Lipinski definition) is 1. The number of aromatic nitrogens is 3. The van der Waals surface area contributed by atoms with Gasteiger partial charge < -0.3 is 9.67 Å². The first-order chi connectivity index (χ1) is 11.0. The number of aryl methyl sites for hydroxylation is 1. The Hall–Kier alpha value is -1.73. The number of aliphatic carboxylic acids is 1. The van der Waals surface area contributed by atoms with E-state index in [1.165, 1.54) is 5.56 Å². The Labute approximate surface area is 143 Å². The van der Waals surface area contributed by atoms with Crippen molar-refractivity contribution in [2.24, 2.45) is 0 Å². The summed E-state index contributed by atoms with van der Waals surface area (Å²) in [6.07, 6.45) is 0. The first-order valence-electron chi connectivity index (χ1n) is 7.56. The van der Waals surface area contributed by atoms with Crippen LogP contribution in [0.2, 0.25) is 0 Å². The summed E-state index contributed by atoms with van der Waals surface area (Å²) in [6.45, 7) is 5.55. The number of fused-ring (bicyclic) bond motifs is 1. The molecule has 2 unspecified atom stereocenters. The molecule has 1 aliphatic rings. The third-order valence-electron chi connectivity index (χ3n) is 4.36. The van der Waals surface area contributed by atoms with E-state index in [1.807, 2.05) is 28.5 Å². The van der Waals surface area contributed by atoms with Crippen LogP contribution < -0.4 is 0 Å². The highest BCUT2D eigenvalue weighted by Gasteiger charge is 2.34. The van der Waals surface area contributed by atoms with Gasteiger partial charge in [0.25, 0.3) is 0 Å². The smallest absolute Gasteiger partial charge is 0.322 e. The van der Waals surface area contributed by atoms with Gasteiger partial charge in [-0.15, -0.1) is 10.2 Å². The first-order valence-corrected chi connectivity index (χ1v) is 8.36. The molecule has 2 heterocycles. The molecule has 3 rings (SSSR count). The van der Waals surface area contributed by atoms with E-state index in [9.17, 15) is 9.90 Å². The summed E-state index contributed by atoms with van der Waals surface area (Å²) < 4.78 is 2.93. The zero-order valence-electron chi connectivity index (χ0n) is 13.1. The van der Waals surface area contributed by atoms with Gasteiger partial charge in [0.2, 0.25) is 0 Å². The van der Waals surface area contributed by atoms with Gasteiger partial charge >= 0.3 is 5.97 Å². The van der Waals surface area contributed by atoms with Crippen molar-refractivity contribution in [1.29, 1.82) is 0 Å². The molecular formula is C16H19BrN4O2. The number of hydrogen-bond acceptors (Lipinski definition) is 4. The molecule has 1 N–H and O–H groups in total. The second-order valence-electron chi connectivity index (χ2n) is 6.01. The van der Waals surface area contributed by atoms with E-state index in [2.05, 4.69) is 45.2 Å². The van der Waals surface area contributed by atoms with E-state index in [0.717, 1.165) is 16.1 Å². The van der Waals surface area contributed by atoms with Gasteiger partial charge in [0.05, 0.1) is 13.1 Å². The molecule has 2 atom stereocenters. The molecule has 0 saturated carbocycles. The molecule has 0 aliphatic carbocycles. The minimum atomic E-state index is -0.801. The fourth-order valence-corrected chi connectivity index (χ4v) is 3.47. The Morgan fingerprint density at radius 3 is 2.96 bits per heavy atom. The van der Waals surface area contributed by atoms with E-state index in [1.54, 1.807) is 0 Å². The van der Waals surface area contributed by atoms with Crippen LogP contribution in [-0.4, -0.2) is 43.3 Å². The monoisotopic (exact) mass is 378 g/mol. The summed E-state index contributed by atoms with van der Waals surface area (Å²) >= 11 is 3.49. The van der Waals surface area contributed by atoms with Crippen LogP contribution in [0, 0.1) is 6.92 Å². The molecule has 0 saturated heterocycles. The van der Waals surface area contributed by atoms with Crippen molar-refractivity contribution in [3.05, 3.63) is 46.0 Å². The number of benzene rings is 1. The standard InChI is InChI=1S/C16H19BrN4O2/c1-10(12-4-3-5-13(17)6-12)7-20-9-15-19-18-11(2)21(15)8-14(20)16(22)23/h3-6,10,14H,7-9H2,1-2H3,(H,22,23). The van der Waals surface area contributed by atoms with Crippen LogP contribution in [0.5, 0.6) is 0 Å². The highest BCUT2D eigenvalue weighted by atomic mass is 79.9. The number of nitrogens with zero attached hydrogens (tertiary/aromatic N) is 4. The highest BCUT2D eigenvalue weighted by molar-refractivity contribution is 9.10. The molecular weight excluding hydrogens is 360 g/mol. The van der Waals surface area contributed by atoms with Gasteiger partial charge in [-0.3, -0.25) is 9.69 Å². The Bertz CT molecular complexity index is 731. The lowest BCUT2D eigenvalue weighted by Gasteiger charge is -2.35. The van der Waals surface area contributed by atoms with Crippen molar-refractivity contribution in [3.63, 3.8) is 0 Å². The molecule has 1 aliphatic heterocycles. The summed E-state index contributed by atoms with van der Waals surface area (Å²) in [5, 5.41) is 17.8. The van der Waals surface area contributed by atoms with Crippen LogP contribution in [0.1, 0.15) is 30.1 Å². The third kappa shape index (κ3) is 3.30. The fraction of sp³-hybridized carbons (Fsp3) is 0.438. The molecule has 0 fully saturated rings. The first kappa shape index (κ1) is 16.1. The third-order valence-corrected chi connectivity index (χ3v) is 4.86. The van der Waals surface area contributed by atoms with Gasteiger partial charge in [0.1, 0.15) is 17.7 Å². The summed E-state index contributed by atoms with van der Waals surface area (Å²) in [7, 11) is 0. The van der Waals surface area contributed by atoms with Gasteiger partial charge in [-0.25, -0.2) is 0 Å². The van der Waals surface area contributed by atoms with E-state index in [0.29, 0.717) is 19.6 Å². The van der Waals surface area contributed by atoms with Gasteiger partial charge in [0, 0.05) is 11.0 Å². The molecule has 122 valence electrons. The predicted molar refractivity (Wildman–Crippen MR) is 89.1 cm³/mol. The average Bonchev–Trinajstić information content (AvgIpc) is 2.87. The zero-order valence-corrected chi connectivity index (χ0v) is 14.7. The minimum absolute atomic E-state index is 0.227. The van der Waals surface area contributed by atoms with Crippen molar-refractivity contribution in [2.75, 3.05) is 6.54 Å². The Balaban J connectivity index is 1.81. The molecule has 1 aromatic heterocycles. The Kier molecular flexibility index (Phi) is 4.50.